The van der Waals surface area contributed by atoms with Crippen molar-refractivity contribution in [3.63, 3.8) is 0 Å². The molecule has 1 N–H and O–H groups in total. The van der Waals surface area contributed by atoms with Gasteiger partial charge in [0.1, 0.15) is 17.2 Å². The number of carboxylic acids is 1. The van der Waals surface area contributed by atoms with Crippen LogP contribution in [0.4, 0.5) is 0 Å². The lowest BCUT2D eigenvalue weighted by molar-refractivity contribution is -0.139. The molecule has 0 aromatic heterocycles. The topological polar surface area (TPSA) is 65.0 Å². The van der Waals surface area contributed by atoms with Gasteiger partial charge in [-0.15, -0.1) is 0 Å². The van der Waals surface area contributed by atoms with E-state index in [0.29, 0.717) is 11.5 Å². The van der Waals surface area contributed by atoms with Crippen molar-refractivity contribution in [2.45, 2.75) is 90.3 Å². The zero-order valence-electron chi connectivity index (χ0n) is 29.1. The number of benzene rings is 4. The van der Waals surface area contributed by atoms with E-state index in [1.807, 2.05) is 30.3 Å². The second-order valence-corrected chi connectivity index (χ2v) is 13.8. The van der Waals surface area contributed by atoms with Crippen LogP contribution in [0.1, 0.15) is 95.4 Å². The Kier molecular flexibility index (Phi) is 11.4. The lowest BCUT2D eigenvalue weighted by atomic mass is 9.74. The molecule has 1 heterocycles. The molecule has 0 aliphatic carbocycles. The summed E-state index contributed by atoms with van der Waals surface area (Å²) in [6, 6.07) is 33.2. The Morgan fingerprint density at radius 3 is 2.21 bits per heavy atom. The zero-order valence-corrected chi connectivity index (χ0v) is 29.1. The van der Waals surface area contributed by atoms with Gasteiger partial charge >= 0.3 is 5.97 Å². The van der Waals surface area contributed by atoms with Crippen LogP contribution in [-0.4, -0.2) is 23.8 Å². The molecule has 48 heavy (non-hydrogen) atoms. The number of aliphatic carboxylic acids is 1. The van der Waals surface area contributed by atoms with Gasteiger partial charge in [0.15, 0.2) is 6.61 Å². The third-order valence-corrected chi connectivity index (χ3v) is 9.96. The summed E-state index contributed by atoms with van der Waals surface area (Å²) in [6.45, 7) is 14.9. The zero-order chi connectivity index (χ0) is 34.3. The lowest BCUT2D eigenvalue weighted by Gasteiger charge is -2.43. The Hall–Kier alpha value is -4.35. The second-order valence-electron chi connectivity index (χ2n) is 13.8. The molecule has 5 nitrogen and oxygen atoms in total. The van der Waals surface area contributed by atoms with Crippen LogP contribution in [0.15, 0.2) is 109 Å². The molecule has 1 saturated heterocycles. The minimum absolute atomic E-state index is 0.0142. The Balaban J connectivity index is 1.47. The summed E-state index contributed by atoms with van der Waals surface area (Å²) in [5, 5.41) is 9.46. The summed E-state index contributed by atoms with van der Waals surface area (Å²) in [7, 11) is 0. The van der Waals surface area contributed by atoms with E-state index < -0.39 is 12.6 Å². The first-order valence-corrected chi connectivity index (χ1v) is 17.3. The molecule has 4 atom stereocenters. The molecule has 0 bridgehead atoms. The average Bonchev–Trinajstić information content (AvgIpc) is 3.10. The number of hydrogen-bond donors (Lipinski definition) is 1. The molecule has 5 rings (SSSR count). The van der Waals surface area contributed by atoms with Crippen molar-refractivity contribution in [1.82, 2.24) is 0 Å². The molecule has 0 amide bonds. The number of carbonyl (C=O) groups is 1. The van der Waals surface area contributed by atoms with E-state index in [-0.39, 0.29) is 29.5 Å². The quantitative estimate of drug-likeness (QED) is 0.138. The van der Waals surface area contributed by atoms with Crippen LogP contribution in [-0.2, 0) is 14.9 Å². The summed E-state index contributed by atoms with van der Waals surface area (Å²) >= 11 is 0. The molecule has 1 aliphatic rings. The largest absolute Gasteiger partial charge is 0.482 e. The second kappa shape index (κ2) is 15.7. The molecule has 0 saturated carbocycles. The van der Waals surface area contributed by atoms with Gasteiger partial charge in [-0.2, -0.15) is 0 Å². The van der Waals surface area contributed by atoms with E-state index in [0.717, 1.165) is 49.0 Å². The van der Waals surface area contributed by atoms with E-state index in [1.165, 1.54) is 22.3 Å². The Bertz CT molecular complexity index is 1660. The smallest absolute Gasteiger partial charge is 0.341 e. The van der Waals surface area contributed by atoms with E-state index in [4.69, 9.17) is 14.2 Å². The van der Waals surface area contributed by atoms with Crippen molar-refractivity contribution in [2.75, 3.05) is 6.61 Å². The Labute approximate surface area is 286 Å². The van der Waals surface area contributed by atoms with Crippen molar-refractivity contribution in [2.24, 2.45) is 5.92 Å². The first-order chi connectivity index (χ1) is 23.1. The number of hydrogen-bond acceptors (Lipinski definition) is 4. The van der Waals surface area contributed by atoms with Gasteiger partial charge in [-0.05, 0) is 84.2 Å². The number of carboxylic acid groups (broad SMARTS) is 1. The monoisotopic (exact) mass is 646 g/mol. The first kappa shape index (κ1) is 35.0. The molecule has 0 radical (unpaired) electrons. The molecule has 0 unspecified atom stereocenters. The summed E-state index contributed by atoms with van der Waals surface area (Å²) in [5.74, 6) is 1.01. The van der Waals surface area contributed by atoms with Crippen LogP contribution in [0.5, 0.6) is 17.2 Å². The Morgan fingerprint density at radius 1 is 0.917 bits per heavy atom. The van der Waals surface area contributed by atoms with Gasteiger partial charge in [-0.1, -0.05) is 119 Å². The standard InChI is InChI=1S/C43H50O5/c1-7-9-15-40-37(32-18-16-31(17-19-32)30-13-11-10-12-14-30)27-36(29(3)4)42(48-40)38-26-35(24-25-39(38)46-28-41(44)45)47-34-22-20-33(21-23-34)43(5,6)8-2/h10-14,16-26,36-37,40,42H,3,7-9,15,27-28H2,1-2,4-6H3,(H,44,45)/t36-,37-,40+,42+/m0/s1. The highest BCUT2D eigenvalue weighted by Gasteiger charge is 2.41. The van der Waals surface area contributed by atoms with Crippen LogP contribution >= 0.6 is 0 Å². The third-order valence-electron chi connectivity index (χ3n) is 9.96. The normalized spacial score (nSPS) is 19.4. The highest BCUT2D eigenvalue weighted by Crippen LogP contribution is 2.50. The van der Waals surface area contributed by atoms with Crippen LogP contribution < -0.4 is 9.47 Å². The maximum Gasteiger partial charge on any atom is 0.341 e. The molecule has 252 valence electrons. The number of unbranched alkanes of at least 4 members (excludes halogenated alkanes) is 1. The summed E-state index contributed by atoms with van der Waals surface area (Å²) in [5.41, 5.74) is 6.79. The maximum absolute atomic E-state index is 11.6. The van der Waals surface area contributed by atoms with Gasteiger partial charge < -0.3 is 19.3 Å². The third kappa shape index (κ3) is 8.38. The highest BCUT2D eigenvalue weighted by atomic mass is 16.5. The van der Waals surface area contributed by atoms with Crippen LogP contribution in [0, 0.1) is 5.92 Å². The SMILES string of the molecule is C=C(C)[C@@H]1C[C@@H](c2ccc(-c3ccccc3)cc2)[C@@H](CCCC)O[C@H]1c1cc(Oc2ccc(C(C)(C)CC)cc2)ccc1OCC(=O)O. The van der Waals surface area contributed by atoms with Crippen LogP contribution in [0.2, 0.25) is 0 Å². The number of ether oxygens (including phenoxy) is 3. The molecular formula is C43H50O5. The molecule has 4 aromatic carbocycles. The summed E-state index contributed by atoms with van der Waals surface area (Å²) in [6.07, 6.45) is 4.53. The average molecular weight is 647 g/mol. The molecule has 1 fully saturated rings. The molecule has 1 aliphatic heterocycles. The predicted molar refractivity (Wildman–Crippen MR) is 194 cm³/mol. The fraction of sp³-hybridized carbons (Fsp3) is 0.372. The van der Waals surface area contributed by atoms with E-state index in [2.05, 4.69) is 102 Å². The minimum atomic E-state index is -1.03. The predicted octanol–water partition coefficient (Wildman–Crippen LogP) is 11.3. The van der Waals surface area contributed by atoms with E-state index >= 15 is 0 Å². The van der Waals surface area contributed by atoms with Gasteiger partial charge in [0, 0.05) is 17.4 Å². The summed E-state index contributed by atoms with van der Waals surface area (Å²) < 4.78 is 19.3. The van der Waals surface area contributed by atoms with Gasteiger partial charge in [0.2, 0.25) is 0 Å². The highest BCUT2D eigenvalue weighted by molar-refractivity contribution is 5.68. The van der Waals surface area contributed by atoms with Gasteiger partial charge in [0.05, 0.1) is 12.2 Å². The minimum Gasteiger partial charge on any atom is -0.482 e. The number of rotatable bonds is 14. The van der Waals surface area contributed by atoms with Crippen LogP contribution in [0.3, 0.4) is 0 Å². The van der Waals surface area contributed by atoms with Crippen molar-refractivity contribution in [1.29, 1.82) is 0 Å². The van der Waals surface area contributed by atoms with Gasteiger partial charge in [0.25, 0.3) is 0 Å². The van der Waals surface area contributed by atoms with Crippen molar-refractivity contribution < 1.29 is 24.1 Å². The lowest BCUT2D eigenvalue weighted by Crippen LogP contribution is -2.36. The first-order valence-electron chi connectivity index (χ1n) is 17.3. The molecule has 5 heteroatoms. The van der Waals surface area contributed by atoms with Crippen molar-refractivity contribution >= 4 is 5.97 Å². The van der Waals surface area contributed by atoms with Crippen molar-refractivity contribution in [3.05, 3.63) is 126 Å². The fourth-order valence-electron chi connectivity index (χ4n) is 6.65. The van der Waals surface area contributed by atoms with E-state index in [9.17, 15) is 9.90 Å². The molecule has 0 spiro atoms. The maximum atomic E-state index is 11.6. The van der Waals surface area contributed by atoms with Gasteiger partial charge in [-0.3, -0.25) is 0 Å². The summed E-state index contributed by atoms with van der Waals surface area (Å²) in [4.78, 5) is 11.6. The van der Waals surface area contributed by atoms with E-state index in [1.54, 1.807) is 6.07 Å². The van der Waals surface area contributed by atoms with Crippen molar-refractivity contribution in [3.8, 4) is 28.4 Å². The Morgan fingerprint density at radius 2 is 1.58 bits per heavy atom. The molecular weight excluding hydrogens is 596 g/mol. The fourth-order valence-corrected chi connectivity index (χ4v) is 6.65. The molecule has 4 aromatic rings. The van der Waals surface area contributed by atoms with Gasteiger partial charge in [-0.25, -0.2) is 4.79 Å². The van der Waals surface area contributed by atoms with Crippen LogP contribution in [0.25, 0.3) is 11.1 Å².